The van der Waals surface area contributed by atoms with Gasteiger partial charge < -0.3 is 15.2 Å². The monoisotopic (exact) mass is 460 g/mol. The van der Waals surface area contributed by atoms with Crippen molar-refractivity contribution in [3.05, 3.63) is 58.7 Å². The Morgan fingerprint density at radius 2 is 1.72 bits per heavy atom. The van der Waals surface area contributed by atoms with Crippen LogP contribution in [0.3, 0.4) is 0 Å². The van der Waals surface area contributed by atoms with Crippen LogP contribution in [0.25, 0.3) is 0 Å². The van der Waals surface area contributed by atoms with Gasteiger partial charge in [0.2, 0.25) is 10.0 Å². The molecule has 1 amide bonds. The van der Waals surface area contributed by atoms with Crippen LogP contribution in [0.2, 0.25) is 0 Å². The quantitative estimate of drug-likeness (QED) is 0.639. The van der Waals surface area contributed by atoms with Crippen LogP contribution in [0.4, 0.5) is 5.69 Å². The lowest BCUT2D eigenvalue weighted by Gasteiger charge is -2.23. The van der Waals surface area contributed by atoms with Gasteiger partial charge in [-0.3, -0.25) is 9.59 Å². The Morgan fingerprint density at radius 3 is 2.34 bits per heavy atom. The fourth-order valence-electron chi connectivity index (χ4n) is 3.69. The molecule has 2 N–H and O–H groups in total. The van der Waals surface area contributed by atoms with Gasteiger partial charge in [0.1, 0.15) is 6.04 Å². The zero-order valence-electron chi connectivity index (χ0n) is 18.6. The van der Waals surface area contributed by atoms with E-state index < -0.39 is 40.7 Å². The maximum absolute atomic E-state index is 13.1. The normalized spacial score (nSPS) is 19.0. The van der Waals surface area contributed by atoms with Crippen LogP contribution in [0.5, 0.6) is 0 Å². The number of nitrogens with one attached hydrogen (secondary N) is 1. The SMILES string of the molecule is Cc1ccc(S(=O)(=O)N2CC(O)C[C@H]2C(=O)OCC(=O)Nc2c(C)cccc2C)cc1C. The third-order valence-electron chi connectivity index (χ3n) is 5.68. The molecular weight excluding hydrogens is 432 g/mol. The van der Waals surface area contributed by atoms with Gasteiger partial charge in [0, 0.05) is 18.7 Å². The smallest absolute Gasteiger partial charge is 0.325 e. The van der Waals surface area contributed by atoms with E-state index in [1.54, 1.807) is 13.0 Å². The number of aliphatic hydroxyl groups is 1. The lowest BCUT2D eigenvalue weighted by atomic mass is 10.1. The van der Waals surface area contributed by atoms with Crippen molar-refractivity contribution < 1.29 is 27.9 Å². The van der Waals surface area contributed by atoms with E-state index in [2.05, 4.69) is 5.32 Å². The molecule has 1 saturated heterocycles. The second-order valence-electron chi connectivity index (χ2n) is 8.15. The number of hydrogen-bond donors (Lipinski definition) is 2. The van der Waals surface area contributed by atoms with Crippen molar-refractivity contribution in [3.8, 4) is 0 Å². The average molecular weight is 461 g/mol. The summed E-state index contributed by atoms with van der Waals surface area (Å²) >= 11 is 0. The third-order valence-corrected chi connectivity index (χ3v) is 7.55. The van der Waals surface area contributed by atoms with Crippen LogP contribution >= 0.6 is 0 Å². The summed E-state index contributed by atoms with van der Waals surface area (Å²) in [7, 11) is -4.03. The first-order chi connectivity index (χ1) is 15.0. The Hall–Kier alpha value is -2.75. The maximum atomic E-state index is 13.1. The number of ether oxygens (including phenoxy) is 1. The predicted molar refractivity (Wildman–Crippen MR) is 120 cm³/mol. The molecule has 2 aromatic carbocycles. The van der Waals surface area contributed by atoms with Gasteiger partial charge in [0.15, 0.2) is 6.61 Å². The lowest BCUT2D eigenvalue weighted by Crippen LogP contribution is -2.42. The van der Waals surface area contributed by atoms with Crippen LogP contribution in [-0.2, 0) is 24.3 Å². The van der Waals surface area contributed by atoms with E-state index >= 15 is 0 Å². The Balaban J connectivity index is 1.71. The number of rotatable bonds is 6. The van der Waals surface area contributed by atoms with Gasteiger partial charge in [-0.2, -0.15) is 4.31 Å². The summed E-state index contributed by atoms with van der Waals surface area (Å²) in [5.41, 5.74) is 4.12. The highest BCUT2D eigenvalue weighted by molar-refractivity contribution is 7.89. The molecule has 0 radical (unpaired) electrons. The molecule has 2 atom stereocenters. The minimum absolute atomic E-state index is 0.0419. The van der Waals surface area contributed by atoms with Gasteiger partial charge in [-0.1, -0.05) is 24.3 Å². The van der Waals surface area contributed by atoms with Crippen LogP contribution in [0.1, 0.15) is 28.7 Å². The highest BCUT2D eigenvalue weighted by Gasteiger charge is 2.44. The molecule has 9 heteroatoms. The zero-order valence-corrected chi connectivity index (χ0v) is 19.4. The minimum atomic E-state index is -4.03. The van der Waals surface area contributed by atoms with Gasteiger partial charge in [0.25, 0.3) is 5.91 Å². The number of β-amino-alcohol motifs (C(OH)–C–C–N with tert-alkyl or cyclic N) is 1. The molecule has 32 heavy (non-hydrogen) atoms. The molecule has 0 aliphatic carbocycles. The largest absolute Gasteiger partial charge is 0.454 e. The number of carbonyl (C=O) groups excluding carboxylic acids is 2. The predicted octanol–water partition coefficient (Wildman–Crippen LogP) is 2.23. The standard InChI is InChI=1S/C23H28N2O6S/c1-14-8-9-19(10-17(14)4)32(29,30)25-12-18(26)11-20(25)23(28)31-13-21(27)24-22-15(2)6-5-7-16(22)3/h5-10,18,20,26H,11-13H2,1-4H3,(H,24,27)/t18?,20-/m0/s1. The molecule has 0 spiro atoms. The Bertz CT molecular complexity index is 1120. The molecule has 0 saturated carbocycles. The molecular formula is C23H28N2O6S. The van der Waals surface area contributed by atoms with Crippen molar-refractivity contribution in [2.45, 2.75) is 51.2 Å². The van der Waals surface area contributed by atoms with Crippen molar-refractivity contribution in [1.29, 1.82) is 0 Å². The number of esters is 1. The first-order valence-electron chi connectivity index (χ1n) is 10.3. The van der Waals surface area contributed by atoms with E-state index in [4.69, 9.17) is 4.74 Å². The lowest BCUT2D eigenvalue weighted by molar-refractivity contribution is -0.150. The van der Waals surface area contributed by atoms with Crippen LogP contribution in [-0.4, -0.2) is 55.0 Å². The van der Waals surface area contributed by atoms with Gasteiger partial charge in [-0.05, 0) is 62.1 Å². The van der Waals surface area contributed by atoms with Gasteiger partial charge in [-0.25, -0.2) is 8.42 Å². The van der Waals surface area contributed by atoms with E-state index in [-0.39, 0.29) is 17.9 Å². The van der Waals surface area contributed by atoms with E-state index in [9.17, 15) is 23.1 Å². The minimum Gasteiger partial charge on any atom is -0.454 e. The van der Waals surface area contributed by atoms with Crippen molar-refractivity contribution in [3.63, 3.8) is 0 Å². The molecule has 1 aliphatic rings. The first kappa shape index (κ1) is 23.9. The number of para-hydroxylation sites is 1. The number of sulfonamides is 1. The molecule has 1 heterocycles. The van der Waals surface area contributed by atoms with Crippen molar-refractivity contribution in [1.82, 2.24) is 4.31 Å². The topological polar surface area (TPSA) is 113 Å². The highest BCUT2D eigenvalue weighted by Crippen LogP contribution is 2.28. The number of benzene rings is 2. The van der Waals surface area contributed by atoms with Crippen molar-refractivity contribution >= 4 is 27.6 Å². The second kappa shape index (κ2) is 9.40. The van der Waals surface area contributed by atoms with Crippen LogP contribution < -0.4 is 5.32 Å². The van der Waals surface area contributed by atoms with E-state index in [1.807, 2.05) is 39.0 Å². The fraction of sp³-hybridized carbons (Fsp3) is 0.391. The molecule has 172 valence electrons. The number of hydrogen-bond acceptors (Lipinski definition) is 6. The molecule has 1 aliphatic heterocycles. The third kappa shape index (κ3) is 5.01. The summed E-state index contributed by atoms with van der Waals surface area (Å²) in [5, 5.41) is 12.8. The average Bonchev–Trinajstić information content (AvgIpc) is 3.13. The molecule has 0 bridgehead atoms. The molecule has 1 fully saturated rings. The molecule has 3 rings (SSSR count). The Morgan fingerprint density at radius 1 is 1.06 bits per heavy atom. The van der Waals surface area contributed by atoms with Gasteiger partial charge in [-0.15, -0.1) is 0 Å². The summed E-state index contributed by atoms with van der Waals surface area (Å²) in [4.78, 5) is 25.0. The maximum Gasteiger partial charge on any atom is 0.325 e. The Labute approximate surface area is 188 Å². The van der Waals surface area contributed by atoms with Crippen molar-refractivity contribution in [2.75, 3.05) is 18.5 Å². The Kier molecular flexibility index (Phi) is 7.02. The summed E-state index contributed by atoms with van der Waals surface area (Å²) in [5.74, 6) is -1.40. The summed E-state index contributed by atoms with van der Waals surface area (Å²) in [6.45, 7) is 6.59. The number of aliphatic hydroxyl groups excluding tert-OH is 1. The summed E-state index contributed by atoms with van der Waals surface area (Å²) < 4.78 is 32.4. The van der Waals surface area contributed by atoms with Gasteiger partial charge in [0.05, 0.1) is 11.0 Å². The van der Waals surface area contributed by atoms with E-state index in [0.29, 0.717) is 5.69 Å². The highest BCUT2D eigenvalue weighted by atomic mass is 32.2. The molecule has 1 unspecified atom stereocenters. The van der Waals surface area contributed by atoms with Crippen molar-refractivity contribution in [2.24, 2.45) is 0 Å². The van der Waals surface area contributed by atoms with E-state index in [0.717, 1.165) is 26.6 Å². The number of aryl methyl sites for hydroxylation is 4. The van der Waals surface area contributed by atoms with Gasteiger partial charge >= 0.3 is 5.97 Å². The first-order valence-corrected chi connectivity index (χ1v) is 11.7. The number of anilines is 1. The zero-order chi connectivity index (χ0) is 23.6. The van der Waals surface area contributed by atoms with E-state index in [1.165, 1.54) is 12.1 Å². The number of carbonyl (C=O) groups is 2. The fourth-order valence-corrected chi connectivity index (χ4v) is 5.41. The van der Waals surface area contributed by atoms with Crippen LogP contribution in [0.15, 0.2) is 41.3 Å². The summed E-state index contributed by atoms with van der Waals surface area (Å²) in [6.07, 6.45) is -1.10. The second-order valence-corrected chi connectivity index (χ2v) is 10.0. The number of nitrogens with zero attached hydrogens (tertiary/aromatic N) is 1. The summed E-state index contributed by atoms with van der Waals surface area (Å²) in [6, 6.07) is 9.08. The molecule has 8 nitrogen and oxygen atoms in total. The number of amides is 1. The molecule has 0 aromatic heterocycles. The van der Waals surface area contributed by atoms with Crippen LogP contribution in [0, 0.1) is 27.7 Å². The molecule has 2 aromatic rings.